The van der Waals surface area contributed by atoms with E-state index in [9.17, 15) is 5.26 Å². The van der Waals surface area contributed by atoms with Gasteiger partial charge in [0.25, 0.3) is 0 Å². The fourth-order valence-electron chi connectivity index (χ4n) is 3.38. The molecule has 2 heterocycles. The maximum Gasteiger partial charge on any atom is 0.243 e. The number of nitrogens with zero attached hydrogens (tertiary/aromatic N) is 2. The molecule has 1 aliphatic heterocycles. The molecule has 1 aromatic carbocycles. The number of H-pyrrole nitrogens is 1. The van der Waals surface area contributed by atoms with Gasteiger partial charge in [-0.3, -0.25) is 10.5 Å². The van der Waals surface area contributed by atoms with Crippen LogP contribution >= 0.6 is 0 Å². The van der Waals surface area contributed by atoms with Crippen molar-refractivity contribution in [2.45, 2.75) is 32.1 Å². The van der Waals surface area contributed by atoms with Crippen molar-refractivity contribution >= 4 is 5.90 Å². The van der Waals surface area contributed by atoms with Gasteiger partial charge in [-0.25, -0.2) is 0 Å². The molecular weight excluding hydrogens is 332 g/mol. The zero-order chi connectivity index (χ0) is 19.1. The van der Waals surface area contributed by atoms with Crippen LogP contribution in [0.2, 0.25) is 0 Å². The van der Waals surface area contributed by atoms with E-state index in [1.54, 1.807) is 20.3 Å². The summed E-state index contributed by atoms with van der Waals surface area (Å²) in [5.74, 6) is 0.0867. The van der Waals surface area contributed by atoms with Gasteiger partial charge in [0.15, 0.2) is 11.5 Å². The SMILES string of the molecule is COc1cccc(C2c3c(n[nH]c3C(C)(C)C)OC(=N)C2C#N)c1OC. The number of nitrogens with one attached hydrogen (secondary N) is 2. The summed E-state index contributed by atoms with van der Waals surface area (Å²) in [4.78, 5) is 0. The monoisotopic (exact) mass is 354 g/mol. The number of methoxy groups -OCH3 is 2. The van der Waals surface area contributed by atoms with Crippen LogP contribution in [0.4, 0.5) is 0 Å². The largest absolute Gasteiger partial charge is 0.493 e. The van der Waals surface area contributed by atoms with E-state index in [-0.39, 0.29) is 11.3 Å². The van der Waals surface area contributed by atoms with E-state index in [1.807, 2.05) is 12.1 Å². The smallest absolute Gasteiger partial charge is 0.243 e. The molecule has 0 spiro atoms. The van der Waals surface area contributed by atoms with Gasteiger partial charge < -0.3 is 14.2 Å². The molecule has 1 aromatic heterocycles. The molecule has 7 heteroatoms. The van der Waals surface area contributed by atoms with Gasteiger partial charge >= 0.3 is 0 Å². The van der Waals surface area contributed by atoms with E-state index < -0.39 is 11.8 Å². The first-order valence-electron chi connectivity index (χ1n) is 8.29. The molecule has 0 saturated heterocycles. The lowest BCUT2D eigenvalue weighted by Gasteiger charge is -2.31. The van der Waals surface area contributed by atoms with Crippen LogP contribution in [0.5, 0.6) is 17.4 Å². The van der Waals surface area contributed by atoms with Crippen LogP contribution in [0.15, 0.2) is 18.2 Å². The molecule has 0 fully saturated rings. The highest BCUT2D eigenvalue weighted by Crippen LogP contribution is 2.49. The third-order valence-electron chi connectivity index (χ3n) is 4.56. The molecule has 0 amide bonds. The minimum atomic E-state index is -0.790. The number of hydrogen-bond acceptors (Lipinski definition) is 6. The number of aromatic amines is 1. The Balaban J connectivity index is 2.32. The van der Waals surface area contributed by atoms with Crippen molar-refractivity contribution in [2.24, 2.45) is 5.92 Å². The molecule has 0 aliphatic carbocycles. The fraction of sp³-hybridized carbons (Fsp3) is 0.421. The molecule has 136 valence electrons. The Labute approximate surface area is 152 Å². The predicted octanol–water partition coefficient (Wildman–Crippen LogP) is 3.37. The second-order valence-electron chi connectivity index (χ2n) is 7.20. The molecular formula is C19H22N4O3. The molecule has 0 radical (unpaired) electrons. The molecule has 2 aromatic rings. The highest BCUT2D eigenvalue weighted by Gasteiger charge is 2.43. The first-order chi connectivity index (χ1) is 12.3. The Morgan fingerprint density at radius 2 is 2.00 bits per heavy atom. The second kappa shape index (κ2) is 6.37. The number of nitriles is 1. The minimum Gasteiger partial charge on any atom is -0.493 e. The maximum atomic E-state index is 9.77. The van der Waals surface area contributed by atoms with E-state index in [4.69, 9.17) is 19.6 Å². The van der Waals surface area contributed by atoms with Crippen LogP contribution in [0, 0.1) is 22.7 Å². The zero-order valence-electron chi connectivity index (χ0n) is 15.5. The Morgan fingerprint density at radius 3 is 2.58 bits per heavy atom. The van der Waals surface area contributed by atoms with Crippen LogP contribution in [-0.4, -0.2) is 30.3 Å². The van der Waals surface area contributed by atoms with Crippen LogP contribution < -0.4 is 14.2 Å². The van der Waals surface area contributed by atoms with Gasteiger partial charge in [0.05, 0.1) is 20.3 Å². The van der Waals surface area contributed by atoms with E-state index in [0.29, 0.717) is 17.4 Å². The number of benzene rings is 1. The highest BCUT2D eigenvalue weighted by atomic mass is 16.5. The second-order valence-corrected chi connectivity index (χ2v) is 7.20. The maximum absolute atomic E-state index is 9.77. The molecule has 7 nitrogen and oxygen atoms in total. The quantitative estimate of drug-likeness (QED) is 0.879. The molecule has 2 N–H and O–H groups in total. The fourth-order valence-corrected chi connectivity index (χ4v) is 3.38. The van der Waals surface area contributed by atoms with E-state index in [0.717, 1.165) is 16.8 Å². The summed E-state index contributed by atoms with van der Waals surface area (Å²) in [6, 6.07) is 7.75. The number of fused-ring (bicyclic) bond motifs is 1. The number of para-hydroxylation sites is 1. The summed E-state index contributed by atoms with van der Waals surface area (Å²) >= 11 is 0. The summed E-state index contributed by atoms with van der Waals surface area (Å²) in [5.41, 5.74) is 2.18. The molecule has 3 rings (SSSR count). The minimum absolute atomic E-state index is 0.123. The third kappa shape index (κ3) is 2.68. The van der Waals surface area contributed by atoms with Crippen molar-refractivity contribution < 1.29 is 14.2 Å². The average Bonchev–Trinajstić information content (AvgIpc) is 3.03. The normalized spacial score (nSPS) is 19.3. The zero-order valence-corrected chi connectivity index (χ0v) is 15.5. The first kappa shape index (κ1) is 17.8. The van der Waals surface area contributed by atoms with Crippen LogP contribution in [0.3, 0.4) is 0 Å². The summed E-state index contributed by atoms with van der Waals surface area (Å²) in [6.07, 6.45) is 0. The molecule has 2 atom stereocenters. The lowest BCUT2D eigenvalue weighted by Crippen LogP contribution is -2.32. The van der Waals surface area contributed by atoms with Gasteiger partial charge in [-0.05, 0) is 6.07 Å². The summed E-state index contributed by atoms with van der Waals surface area (Å²) in [6.45, 7) is 6.17. The number of ether oxygens (including phenoxy) is 3. The molecule has 26 heavy (non-hydrogen) atoms. The summed E-state index contributed by atoms with van der Waals surface area (Å²) < 4.78 is 16.5. The number of rotatable bonds is 3. The third-order valence-corrected chi connectivity index (χ3v) is 4.56. The Morgan fingerprint density at radius 1 is 1.27 bits per heavy atom. The number of hydrogen-bond donors (Lipinski definition) is 2. The number of aromatic nitrogens is 2. The van der Waals surface area contributed by atoms with Crippen LogP contribution in [0.1, 0.15) is 43.5 Å². The average molecular weight is 354 g/mol. The van der Waals surface area contributed by atoms with Gasteiger partial charge in [0.1, 0.15) is 5.92 Å². The van der Waals surface area contributed by atoms with E-state index in [2.05, 4.69) is 37.0 Å². The Hall–Kier alpha value is -3.01. The van der Waals surface area contributed by atoms with Gasteiger partial charge in [0, 0.05) is 28.2 Å². The standard InChI is InChI=1S/C19H22N4O3/c1-19(2,3)16-14-13(10-7-6-8-12(24-4)15(10)25-5)11(9-20)17(21)26-18(14)23-22-16/h6-8,11,13,21H,1-5H3,(H,22,23). The van der Waals surface area contributed by atoms with Crippen molar-refractivity contribution in [2.75, 3.05) is 14.2 Å². The van der Waals surface area contributed by atoms with Crippen molar-refractivity contribution in [3.8, 4) is 23.4 Å². The van der Waals surface area contributed by atoms with Crippen molar-refractivity contribution in [3.05, 3.63) is 35.0 Å². The van der Waals surface area contributed by atoms with Gasteiger partial charge in [0.2, 0.25) is 11.8 Å². The van der Waals surface area contributed by atoms with Crippen LogP contribution in [-0.2, 0) is 5.41 Å². The van der Waals surface area contributed by atoms with E-state index in [1.165, 1.54) is 0 Å². The Kier molecular flexibility index (Phi) is 4.36. The van der Waals surface area contributed by atoms with Gasteiger partial charge in [-0.2, -0.15) is 5.26 Å². The van der Waals surface area contributed by atoms with Crippen molar-refractivity contribution in [3.63, 3.8) is 0 Å². The molecule has 0 bridgehead atoms. The molecule has 0 saturated carbocycles. The summed E-state index contributed by atoms with van der Waals surface area (Å²) in [7, 11) is 3.13. The van der Waals surface area contributed by atoms with Crippen LogP contribution in [0.25, 0.3) is 0 Å². The lowest BCUT2D eigenvalue weighted by atomic mass is 9.75. The lowest BCUT2D eigenvalue weighted by molar-refractivity contribution is 0.347. The predicted molar refractivity (Wildman–Crippen MR) is 96.1 cm³/mol. The molecule has 2 unspecified atom stereocenters. The first-order valence-corrected chi connectivity index (χ1v) is 8.29. The van der Waals surface area contributed by atoms with Crippen molar-refractivity contribution in [1.29, 1.82) is 10.7 Å². The molecule has 1 aliphatic rings. The summed E-state index contributed by atoms with van der Waals surface area (Å²) in [5, 5.41) is 25.2. The Bertz CT molecular complexity index is 889. The highest BCUT2D eigenvalue weighted by molar-refractivity contribution is 5.85. The topological polar surface area (TPSA) is 104 Å². The van der Waals surface area contributed by atoms with Crippen molar-refractivity contribution in [1.82, 2.24) is 10.2 Å². The van der Waals surface area contributed by atoms with E-state index >= 15 is 0 Å². The van der Waals surface area contributed by atoms with Gasteiger partial charge in [-0.15, -0.1) is 5.10 Å². The van der Waals surface area contributed by atoms with Gasteiger partial charge in [-0.1, -0.05) is 32.9 Å².